The number of halogens is 2. The first-order chi connectivity index (χ1) is 10.9. The molecule has 1 heterocycles. The van der Waals surface area contributed by atoms with Gasteiger partial charge in [-0.3, -0.25) is 14.6 Å². The molecule has 1 saturated heterocycles. The predicted octanol–water partition coefficient (Wildman–Crippen LogP) is 2.00. The summed E-state index contributed by atoms with van der Waals surface area (Å²) in [5.74, 6) is -1.57. The molecule has 1 N–H and O–H groups in total. The first kappa shape index (κ1) is 17.8. The van der Waals surface area contributed by atoms with Crippen LogP contribution in [0.4, 0.5) is 8.78 Å². The maximum absolute atomic E-state index is 13.2. The van der Waals surface area contributed by atoms with Crippen molar-refractivity contribution in [2.24, 2.45) is 0 Å². The third kappa shape index (κ3) is 4.97. The lowest BCUT2D eigenvalue weighted by atomic mass is 10.1. The molecule has 1 aliphatic heterocycles. The van der Waals surface area contributed by atoms with E-state index < -0.39 is 11.6 Å². The van der Waals surface area contributed by atoms with E-state index in [1.807, 2.05) is 20.8 Å². The number of hydrogen-bond donors (Lipinski definition) is 1. The molecule has 128 valence electrons. The molecule has 1 fully saturated rings. The van der Waals surface area contributed by atoms with Gasteiger partial charge < -0.3 is 5.32 Å². The number of benzene rings is 1. The Hall–Kier alpha value is -1.53. The summed E-state index contributed by atoms with van der Waals surface area (Å²) in [6.45, 7) is 9.60. The largest absolute Gasteiger partial charge is 0.353 e. The summed E-state index contributed by atoms with van der Waals surface area (Å²) >= 11 is 0. The molecule has 1 unspecified atom stereocenters. The van der Waals surface area contributed by atoms with Crippen LogP contribution >= 0.6 is 0 Å². The molecule has 0 saturated carbocycles. The van der Waals surface area contributed by atoms with Crippen LogP contribution in [0.3, 0.4) is 0 Å². The molecule has 0 radical (unpaired) electrons. The van der Waals surface area contributed by atoms with Gasteiger partial charge >= 0.3 is 0 Å². The van der Waals surface area contributed by atoms with Crippen molar-refractivity contribution < 1.29 is 13.6 Å². The van der Waals surface area contributed by atoms with Gasteiger partial charge in [0.15, 0.2) is 11.6 Å². The molecule has 0 spiro atoms. The molecule has 23 heavy (non-hydrogen) atoms. The summed E-state index contributed by atoms with van der Waals surface area (Å²) in [6.07, 6.45) is 0. The number of nitrogens with zero attached hydrogens (tertiary/aromatic N) is 2. The summed E-state index contributed by atoms with van der Waals surface area (Å²) in [5, 5.41) is 2.93. The van der Waals surface area contributed by atoms with Crippen LogP contribution in [0.1, 0.15) is 26.3 Å². The Morgan fingerprint density at radius 2 is 1.78 bits per heavy atom. The summed E-state index contributed by atoms with van der Waals surface area (Å²) in [6, 6.07) is 4.02. The zero-order valence-corrected chi connectivity index (χ0v) is 14.0. The summed E-state index contributed by atoms with van der Waals surface area (Å²) in [4.78, 5) is 16.4. The van der Waals surface area contributed by atoms with Crippen LogP contribution in [0.15, 0.2) is 18.2 Å². The number of piperazine rings is 1. The maximum atomic E-state index is 13.2. The van der Waals surface area contributed by atoms with E-state index in [1.54, 1.807) is 6.07 Å². The van der Waals surface area contributed by atoms with Crippen molar-refractivity contribution in [3.8, 4) is 0 Å². The summed E-state index contributed by atoms with van der Waals surface area (Å²) in [5.41, 5.74) is 0.767. The van der Waals surface area contributed by atoms with Crippen molar-refractivity contribution in [3.05, 3.63) is 35.4 Å². The monoisotopic (exact) mass is 325 g/mol. The zero-order chi connectivity index (χ0) is 17.0. The number of carbonyl (C=O) groups excluding carboxylic acids is 1. The van der Waals surface area contributed by atoms with Gasteiger partial charge in [-0.15, -0.1) is 0 Å². The minimum atomic E-state index is -0.816. The fourth-order valence-electron chi connectivity index (χ4n) is 2.78. The Morgan fingerprint density at radius 3 is 2.35 bits per heavy atom. The number of amides is 1. The molecular weight excluding hydrogens is 300 g/mol. The van der Waals surface area contributed by atoms with E-state index >= 15 is 0 Å². The molecule has 1 amide bonds. The maximum Gasteiger partial charge on any atom is 0.237 e. The molecule has 4 nitrogen and oxygen atoms in total. The lowest BCUT2D eigenvalue weighted by molar-refractivity contribution is -0.127. The normalized spacial score (nSPS) is 18.2. The number of hydrogen-bond acceptors (Lipinski definition) is 3. The smallest absolute Gasteiger partial charge is 0.237 e. The highest BCUT2D eigenvalue weighted by Gasteiger charge is 2.25. The lowest BCUT2D eigenvalue weighted by Gasteiger charge is -2.37. The van der Waals surface area contributed by atoms with Crippen LogP contribution in [0.2, 0.25) is 0 Å². The Labute approximate surface area is 136 Å². The van der Waals surface area contributed by atoms with Crippen molar-refractivity contribution in [2.75, 3.05) is 26.2 Å². The van der Waals surface area contributed by atoms with Gasteiger partial charge in [0.1, 0.15) is 0 Å². The minimum Gasteiger partial charge on any atom is -0.353 e. The molecule has 1 aromatic carbocycles. The molecule has 2 rings (SSSR count). The highest BCUT2D eigenvalue weighted by atomic mass is 19.2. The van der Waals surface area contributed by atoms with Crippen LogP contribution in [0, 0.1) is 11.6 Å². The average Bonchev–Trinajstić information content (AvgIpc) is 2.50. The molecule has 1 aliphatic rings. The highest BCUT2D eigenvalue weighted by molar-refractivity contribution is 5.81. The molecule has 0 aliphatic carbocycles. The van der Waals surface area contributed by atoms with Crippen LogP contribution in [-0.2, 0) is 11.3 Å². The van der Waals surface area contributed by atoms with Crippen molar-refractivity contribution in [2.45, 2.75) is 39.4 Å². The fourth-order valence-corrected chi connectivity index (χ4v) is 2.78. The van der Waals surface area contributed by atoms with Crippen molar-refractivity contribution in [3.63, 3.8) is 0 Å². The zero-order valence-electron chi connectivity index (χ0n) is 14.0. The van der Waals surface area contributed by atoms with E-state index in [0.29, 0.717) is 6.54 Å². The standard InChI is InChI=1S/C17H25F2N3O/c1-12(2)20-17(23)13(3)22-8-6-21(7-9-22)11-14-4-5-15(18)16(19)10-14/h4-5,10,12-13H,6-9,11H2,1-3H3,(H,20,23). The first-order valence-electron chi connectivity index (χ1n) is 8.07. The van der Waals surface area contributed by atoms with Crippen molar-refractivity contribution >= 4 is 5.91 Å². The van der Waals surface area contributed by atoms with Gasteiger partial charge in [0.05, 0.1) is 6.04 Å². The van der Waals surface area contributed by atoms with Crippen LogP contribution in [0.5, 0.6) is 0 Å². The second-order valence-electron chi connectivity index (χ2n) is 6.40. The third-order valence-corrected chi connectivity index (χ3v) is 4.16. The van der Waals surface area contributed by atoms with Gasteiger partial charge in [-0.1, -0.05) is 6.07 Å². The van der Waals surface area contributed by atoms with Crippen LogP contribution < -0.4 is 5.32 Å². The number of rotatable bonds is 5. The van der Waals surface area contributed by atoms with Gasteiger partial charge in [0, 0.05) is 38.8 Å². The topological polar surface area (TPSA) is 35.6 Å². The van der Waals surface area contributed by atoms with Gasteiger partial charge in [-0.05, 0) is 38.5 Å². The predicted molar refractivity (Wildman–Crippen MR) is 85.9 cm³/mol. The molecule has 1 atom stereocenters. The summed E-state index contributed by atoms with van der Waals surface area (Å²) in [7, 11) is 0. The van der Waals surface area contributed by atoms with Crippen molar-refractivity contribution in [1.82, 2.24) is 15.1 Å². The molecule has 1 aromatic rings. The first-order valence-corrected chi connectivity index (χ1v) is 8.07. The van der Waals surface area contributed by atoms with Crippen molar-refractivity contribution in [1.29, 1.82) is 0 Å². The SMILES string of the molecule is CC(C)NC(=O)C(C)N1CCN(Cc2ccc(F)c(F)c2)CC1. The third-order valence-electron chi connectivity index (χ3n) is 4.16. The highest BCUT2D eigenvalue weighted by Crippen LogP contribution is 2.13. The van der Waals surface area contributed by atoms with E-state index in [0.717, 1.165) is 31.7 Å². The molecule has 6 heteroatoms. The Balaban J connectivity index is 1.83. The van der Waals surface area contributed by atoms with Crippen LogP contribution in [-0.4, -0.2) is 54.0 Å². The Kier molecular flexibility index (Phi) is 6.07. The van der Waals surface area contributed by atoms with E-state index in [-0.39, 0.29) is 18.0 Å². The molecule has 0 aromatic heterocycles. The van der Waals surface area contributed by atoms with E-state index in [9.17, 15) is 13.6 Å². The van der Waals surface area contributed by atoms with Crippen LogP contribution in [0.25, 0.3) is 0 Å². The second-order valence-corrected chi connectivity index (χ2v) is 6.40. The second kappa shape index (κ2) is 7.84. The number of carbonyl (C=O) groups is 1. The minimum absolute atomic E-state index is 0.0501. The van der Waals surface area contributed by atoms with Gasteiger partial charge in [0.2, 0.25) is 5.91 Å². The van der Waals surface area contributed by atoms with Gasteiger partial charge in [-0.2, -0.15) is 0 Å². The summed E-state index contributed by atoms with van der Waals surface area (Å²) < 4.78 is 26.2. The lowest BCUT2D eigenvalue weighted by Crippen LogP contribution is -2.54. The van der Waals surface area contributed by atoms with E-state index in [4.69, 9.17) is 0 Å². The Morgan fingerprint density at radius 1 is 1.13 bits per heavy atom. The van der Waals surface area contributed by atoms with E-state index in [1.165, 1.54) is 12.1 Å². The van der Waals surface area contributed by atoms with E-state index in [2.05, 4.69) is 15.1 Å². The average molecular weight is 325 g/mol. The quantitative estimate of drug-likeness (QED) is 0.899. The fraction of sp³-hybridized carbons (Fsp3) is 0.588. The van der Waals surface area contributed by atoms with Gasteiger partial charge in [-0.25, -0.2) is 8.78 Å². The molecular formula is C17H25F2N3O. The molecule has 0 bridgehead atoms. The van der Waals surface area contributed by atoms with Gasteiger partial charge in [0.25, 0.3) is 0 Å². The number of nitrogens with one attached hydrogen (secondary N) is 1. The Bertz CT molecular complexity index is 543.